The monoisotopic (exact) mass is 300 g/mol. The molecule has 0 heterocycles. The highest BCUT2D eigenvalue weighted by atomic mass is 16.5. The molecular formula is C17H20N2O3. The van der Waals surface area contributed by atoms with E-state index >= 15 is 0 Å². The van der Waals surface area contributed by atoms with E-state index in [0.717, 1.165) is 22.4 Å². The van der Waals surface area contributed by atoms with E-state index in [9.17, 15) is 9.90 Å². The molecule has 116 valence electrons. The number of hydrogen-bond donors (Lipinski definition) is 3. The van der Waals surface area contributed by atoms with Gasteiger partial charge in [-0.05, 0) is 28.8 Å². The molecule has 0 saturated carbocycles. The first kappa shape index (κ1) is 15.9. The highest BCUT2D eigenvalue weighted by molar-refractivity contribution is 5.73. The number of aliphatic hydroxyl groups excluding tert-OH is 1. The highest BCUT2D eigenvalue weighted by Gasteiger charge is 2.04. The third kappa shape index (κ3) is 4.49. The van der Waals surface area contributed by atoms with Crippen molar-refractivity contribution in [2.75, 3.05) is 7.11 Å². The topological polar surface area (TPSA) is 70.6 Å². The van der Waals surface area contributed by atoms with Crippen LogP contribution in [0.1, 0.15) is 16.7 Å². The summed E-state index contributed by atoms with van der Waals surface area (Å²) < 4.78 is 5.14. The van der Waals surface area contributed by atoms with E-state index in [1.54, 1.807) is 7.11 Å². The van der Waals surface area contributed by atoms with Crippen LogP contribution in [0.4, 0.5) is 4.79 Å². The van der Waals surface area contributed by atoms with Crippen molar-refractivity contribution in [1.29, 1.82) is 0 Å². The van der Waals surface area contributed by atoms with Gasteiger partial charge in [-0.3, -0.25) is 0 Å². The van der Waals surface area contributed by atoms with E-state index in [1.165, 1.54) is 0 Å². The first-order valence-electron chi connectivity index (χ1n) is 7.05. The van der Waals surface area contributed by atoms with Crippen LogP contribution in [0.25, 0.3) is 0 Å². The fraction of sp³-hybridized carbons (Fsp3) is 0.235. The van der Waals surface area contributed by atoms with Crippen LogP contribution in [-0.2, 0) is 19.7 Å². The van der Waals surface area contributed by atoms with Crippen molar-refractivity contribution in [2.24, 2.45) is 0 Å². The van der Waals surface area contributed by atoms with Gasteiger partial charge < -0.3 is 20.5 Å². The van der Waals surface area contributed by atoms with Gasteiger partial charge in [-0.25, -0.2) is 4.79 Å². The summed E-state index contributed by atoms with van der Waals surface area (Å²) in [6.07, 6.45) is 0. The van der Waals surface area contributed by atoms with Crippen molar-refractivity contribution < 1.29 is 14.6 Å². The summed E-state index contributed by atoms with van der Waals surface area (Å²) in [5, 5.41) is 14.8. The van der Waals surface area contributed by atoms with Gasteiger partial charge in [-0.15, -0.1) is 0 Å². The van der Waals surface area contributed by atoms with Gasteiger partial charge in [-0.2, -0.15) is 0 Å². The molecule has 0 aliphatic heterocycles. The average Bonchev–Trinajstić information content (AvgIpc) is 2.58. The summed E-state index contributed by atoms with van der Waals surface area (Å²) in [6.45, 7) is 0.759. The zero-order chi connectivity index (χ0) is 15.8. The van der Waals surface area contributed by atoms with Crippen molar-refractivity contribution in [1.82, 2.24) is 10.6 Å². The summed E-state index contributed by atoms with van der Waals surface area (Å²) >= 11 is 0. The quantitative estimate of drug-likeness (QED) is 0.766. The van der Waals surface area contributed by atoms with Crippen LogP contribution in [0.5, 0.6) is 5.75 Å². The van der Waals surface area contributed by atoms with Crippen LogP contribution in [0.15, 0.2) is 48.5 Å². The number of urea groups is 1. The maximum absolute atomic E-state index is 11.8. The van der Waals surface area contributed by atoms with Gasteiger partial charge in [0.15, 0.2) is 0 Å². The molecule has 0 aliphatic carbocycles. The number of benzene rings is 2. The Morgan fingerprint density at radius 1 is 1.05 bits per heavy atom. The Morgan fingerprint density at radius 2 is 1.77 bits per heavy atom. The normalized spacial score (nSPS) is 10.1. The molecule has 0 saturated heterocycles. The number of carbonyl (C=O) groups excluding carboxylic acids is 1. The van der Waals surface area contributed by atoms with Crippen molar-refractivity contribution in [3.63, 3.8) is 0 Å². The van der Waals surface area contributed by atoms with Gasteiger partial charge >= 0.3 is 6.03 Å². The van der Waals surface area contributed by atoms with E-state index in [1.807, 2.05) is 48.5 Å². The lowest BCUT2D eigenvalue weighted by atomic mass is 10.1. The Labute approximate surface area is 129 Å². The van der Waals surface area contributed by atoms with E-state index in [-0.39, 0.29) is 12.6 Å². The van der Waals surface area contributed by atoms with E-state index in [2.05, 4.69) is 10.6 Å². The van der Waals surface area contributed by atoms with Crippen molar-refractivity contribution in [3.05, 3.63) is 65.2 Å². The van der Waals surface area contributed by atoms with E-state index < -0.39 is 0 Å². The Kier molecular flexibility index (Phi) is 5.80. The Bertz CT molecular complexity index is 629. The molecule has 5 heteroatoms. The summed E-state index contributed by atoms with van der Waals surface area (Å²) in [5.41, 5.74) is 2.68. The van der Waals surface area contributed by atoms with Crippen LogP contribution in [0.3, 0.4) is 0 Å². The maximum Gasteiger partial charge on any atom is 0.315 e. The Morgan fingerprint density at radius 3 is 2.50 bits per heavy atom. The van der Waals surface area contributed by atoms with Crippen LogP contribution in [-0.4, -0.2) is 18.2 Å². The SMILES string of the molecule is COc1cccc(CNC(=O)NCc2ccccc2CO)c1. The molecule has 0 aromatic heterocycles. The largest absolute Gasteiger partial charge is 0.497 e. The molecule has 2 rings (SSSR count). The first-order valence-corrected chi connectivity index (χ1v) is 7.05. The molecule has 0 atom stereocenters. The lowest BCUT2D eigenvalue weighted by molar-refractivity contribution is 0.239. The summed E-state index contributed by atoms with van der Waals surface area (Å²) in [4.78, 5) is 11.8. The maximum atomic E-state index is 11.8. The second-order valence-electron chi connectivity index (χ2n) is 4.81. The third-order valence-corrected chi connectivity index (χ3v) is 3.32. The van der Waals surface area contributed by atoms with Gasteiger partial charge in [0.25, 0.3) is 0 Å². The predicted octanol–water partition coefficient (Wildman–Crippen LogP) is 2.19. The van der Waals surface area contributed by atoms with Crippen LogP contribution in [0, 0.1) is 0 Å². The fourth-order valence-corrected chi connectivity index (χ4v) is 2.09. The fourth-order valence-electron chi connectivity index (χ4n) is 2.09. The molecule has 2 aromatic carbocycles. The van der Waals surface area contributed by atoms with Gasteiger partial charge in [-0.1, -0.05) is 36.4 Å². The zero-order valence-electron chi connectivity index (χ0n) is 12.5. The second kappa shape index (κ2) is 8.05. The standard InChI is InChI=1S/C17H20N2O3/c1-22-16-8-4-5-13(9-16)10-18-17(21)19-11-14-6-2-3-7-15(14)12-20/h2-9,20H,10-12H2,1H3,(H2,18,19,21). The number of methoxy groups -OCH3 is 1. The second-order valence-corrected chi connectivity index (χ2v) is 4.81. The molecule has 0 unspecified atom stereocenters. The molecule has 2 amide bonds. The molecule has 0 bridgehead atoms. The molecule has 0 fully saturated rings. The van der Waals surface area contributed by atoms with Gasteiger partial charge in [0.2, 0.25) is 0 Å². The summed E-state index contributed by atoms with van der Waals surface area (Å²) in [6, 6.07) is 14.7. The van der Waals surface area contributed by atoms with Crippen LogP contribution >= 0.6 is 0 Å². The number of amides is 2. The number of hydrogen-bond acceptors (Lipinski definition) is 3. The predicted molar refractivity (Wildman–Crippen MR) is 84.4 cm³/mol. The number of nitrogens with one attached hydrogen (secondary N) is 2. The van der Waals surface area contributed by atoms with E-state index in [0.29, 0.717) is 13.1 Å². The minimum Gasteiger partial charge on any atom is -0.497 e. The number of ether oxygens (including phenoxy) is 1. The van der Waals surface area contributed by atoms with E-state index in [4.69, 9.17) is 4.74 Å². The third-order valence-electron chi connectivity index (χ3n) is 3.32. The molecular weight excluding hydrogens is 280 g/mol. The summed E-state index contributed by atoms with van der Waals surface area (Å²) in [7, 11) is 1.61. The van der Waals surface area contributed by atoms with Crippen LogP contribution < -0.4 is 15.4 Å². The first-order chi connectivity index (χ1) is 10.7. The summed E-state index contributed by atoms with van der Waals surface area (Å²) in [5.74, 6) is 0.761. The molecule has 2 aromatic rings. The molecule has 3 N–H and O–H groups in total. The smallest absolute Gasteiger partial charge is 0.315 e. The van der Waals surface area contributed by atoms with Gasteiger partial charge in [0.1, 0.15) is 5.75 Å². The minimum absolute atomic E-state index is 0.0384. The number of carbonyl (C=O) groups is 1. The molecule has 0 spiro atoms. The Balaban J connectivity index is 1.83. The van der Waals surface area contributed by atoms with Crippen molar-refractivity contribution in [2.45, 2.75) is 19.7 Å². The van der Waals surface area contributed by atoms with Crippen molar-refractivity contribution >= 4 is 6.03 Å². The molecule has 5 nitrogen and oxygen atoms in total. The van der Waals surface area contributed by atoms with Gasteiger partial charge in [0, 0.05) is 13.1 Å². The van der Waals surface area contributed by atoms with Crippen LogP contribution in [0.2, 0.25) is 0 Å². The average molecular weight is 300 g/mol. The minimum atomic E-state index is -0.254. The Hall–Kier alpha value is -2.53. The lowest BCUT2D eigenvalue weighted by Crippen LogP contribution is -2.34. The molecule has 0 aliphatic rings. The van der Waals surface area contributed by atoms with Gasteiger partial charge in [0.05, 0.1) is 13.7 Å². The van der Waals surface area contributed by atoms with Crippen molar-refractivity contribution in [3.8, 4) is 5.75 Å². The highest BCUT2D eigenvalue weighted by Crippen LogP contribution is 2.12. The lowest BCUT2D eigenvalue weighted by Gasteiger charge is -2.10. The number of rotatable bonds is 6. The number of aliphatic hydroxyl groups is 1. The zero-order valence-corrected chi connectivity index (χ0v) is 12.5. The molecule has 0 radical (unpaired) electrons. The molecule has 22 heavy (non-hydrogen) atoms.